The van der Waals surface area contributed by atoms with Crippen molar-refractivity contribution in [3.8, 4) is 0 Å². The van der Waals surface area contributed by atoms with Gasteiger partial charge in [-0.1, -0.05) is 32.5 Å². The molecule has 10 heavy (non-hydrogen) atoms. The summed E-state index contributed by atoms with van der Waals surface area (Å²) in [4.78, 5) is 10.8. The lowest BCUT2D eigenvalue weighted by Crippen LogP contribution is -1.94. The lowest BCUT2D eigenvalue weighted by Gasteiger charge is -2.01. The van der Waals surface area contributed by atoms with E-state index < -0.39 is 0 Å². The van der Waals surface area contributed by atoms with Gasteiger partial charge in [-0.15, -0.1) is 0 Å². The Hall–Kier alpha value is 0.0200. The van der Waals surface area contributed by atoms with Gasteiger partial charge in [0.1, 0.15) is 0 Å². The molecule has 0 fully saturated rings. The van der Waals surface area contributed by atoms with E-state index in [2.05, 4.69) is 13.8 Å². The van der Waals surface area contributed by atoms with Crippen molar-refractivity contribution in [2.24, 2.45) is 5.92 Å². The summed E-state index contributed by atoms with van der Waals surface area (Å²) in [6, 6.07) is 0. The Morgan fingerprint density at radius 3 is 2.50 bits per heavy atom. The van der Waals surface area contributed by atoms with Crippen LogP contribution in [0, 0.1) is 5.92 Å². The van der Waals surface area contributed by atoms with Crippen LogP contribution in [0.25, 0.3) is 0 Å². The van der Waals surface area contributed by atoms with E-state index in [1.807, 2.05) is 6.92 Å². The van der Waals surface area contributed by atoms with Crippen LogP contribution in [0.3, 0.4) is 0 Å². The smallest absolute Gasteiger partial charge is 0.188 e. The molecule has 0 aromatic heterocycles. The Morgan fingerprint density at radius 1 is 1.50 bits per heavy atom. The molecule has 0 aliphatic heterocycles. The standard InChI is InChI=1S/C8H16OS/c1-4-8(9)10-6-5-7(2)3/h7H,4-6H2,1-3H3. The van der Waals surface area contributed by atoms with Crippen LogP contribution in [-0.2, 0) is 4.79 Å². The first kappa shape index (κ1) is 10.0. The van der Waals surface area contributed by atoms with Crippen molar-refractivity contribution >= 4 is 16.9 Å². The molecule has 0 heterocycles. The molecule has 0 aromatic rings. The summed E-state index contributed by atoms with van der Waals surface area (Å²) in [5.41, 5.74) is 0. The quantitative estimate of drug-likeness (QED) is 0.629. The molecule has 0 atom stereocenters. The largest absolute Gasteiger partial charge is 0.287 e. The zero-order valence-corrected chi connectivity index (χ0v) is 7.83. The third kappa shape index (κ3) is 6.14. The molecule has 0 aliphatic carbocycles. The first-order valence-electron chi connectivity index (χ1n) is 3.82. The fourth-order valence-corrected chi connectivity index (χ4v) is 1.53. The Bertz CT molecular complexity index is 99.4. The van der Waals surface area contributed by atoms with E-state index in [0.29, 0.717) is 11.5 Å². The summed E-state index contributed by atoms with van der Waals surface area (Å²) in [5, 5.41) is 0.320. The monoisotopic (exact) mass is 160 g/mol. The van der Waals surface area contributed by atoms with Gasteiger partial charge in [0.05, 0.1) is 0 Å². The predicted octanol–water partition coefficient (Wildman–Crippen LogP) is 2.70. The maximum Gasteiger partial charge on any atom is 0.188 e. The van der Waals surface area contributed by atoms with Crippen molar-refractivity contribution < 1.29 is 4.79 Å². The second kappa shape index (κ2) is 5.78. The molecule has 2 heteroatoms. The minimum Gasteiger partial charge on any atom is -0.287 e. The second-order valence-electron chi connectivity index (χ2n) is 2.76. The summed E-state index contributed by atoms with van der Waals surface area (Å²) >= 11 is 1.47. The summed E-state index contributed by atoms with van der Waals surface area (Å²) in [5.74, 6) is 1.71. The minimum atomic E-state index is 0.320. The summed E-state index contributed by atoms with van der Waals surface area (Å²) in [6.07, 6.45) is 1.82. The van der Waals surface area contributed by atoms with Crippen molar-refractivity contribution in [2.75, 3.05) is 5.75 Å². The first-order chi connectivity index (χ1) is 4.66. The number of hydrogen-bond donors (Lipinski definition) is 0. The molecule has 0 saturated heterocycles. The van der Waals surface area contributed by atoms with Gasteiger partial charge in [-0.2, -0.15) is 0 Å². The molecular formula is C8H16OS. The molecule has 0 radical (unpaired) electrons. The summed E-state index contributed by atoms with van der Waals surface area (Å²) < 4.78 is 0. The summed E-state index contributed by atoms with van der Waals surface area (Å²) in [6.45, 7) is 6.26. The molecule has 0 aromatic carbocycles. The van der Waals surface area contributed by atoms with Gasteiger partial charge in [0.15, 0.2) is 5.12 Å². The molecule has 60 valence electrons. The van der Waals surface area contributed by atoms with Gasteiger partial charge in [-0.25, -0.2) is 0 Å². The number of thioether (sulfide) groups is 1. The highest BCUT2D eigenvalue weighted by Crippen LogP contribution is 2.10. The highest BCUT2D eigenvalue weighted by molar-refractivity contribution is 8.13. The number of rotatable bonds is 4. The Balaban J connectivity index is 3.12. The second-order valence-corrected chi connectivity index (χ2v) is 3.91. The van der Waals surface area contributed by atoms with Crippen molar-refractivity contribution in [1.82, 2.24) is 0 Å². The van der Waals surface area contributed by atoms with E-state index in [1.54, 1.807) is 0 Å². The molecule has 0 unspecified atom stereocenters. The van der Waals surface area contributed by atoms with Gasteiger partial charge in [0, 0.05) is 12.2 Å². The number of carbonyl (C=O) groups excluding carboxylic acids is 1. The van der Waals surface area contributed by atoms with Gasteiger partial charge in [0.2, 0.25) is 0 Å². The van der Waals surface area contributed by atoms with Gasteiger partial charge in [0.25, 0.3) is 0 Å². The normalized spacial score (nSPS) is 10.4. The molecule has 1 nitrogen and oxygen atoms in total. The van der Waals surface area contributed by atoms with Gasteiger partial charge in [-0.05, 0) is 12.3 Å². The molecule has 0 aliphatic rings. The topological polar surface area (TPSA) is 17.1 Å². The van der Waals surface area contributed by atoms with Crippen LogP contribution in [0.1, 0.15) is 33.6 Å². The maximum atomic E-state index is 10.8. The first-order valence-corrected chi connectivity index (χ1v) is 4.81. The van der Waals surface area contributed by atoms with E-state index in [4.69, 9.17) is 0 Å². The van der Waals surface area contributed by atoms with Crippen LogP contribution in [0.2, 0.25) is 0 Å². The van der Waals surface area contributed by atoms with E-state index in [1.165, 1.54) is 11.8 Å². The third-order valence-electron chi connectivity index (χ3n) is 1.25. The highest BCUT2D eigenvalue weighted by Gasteiger charge is 1.99. The number of carbonyl (C=O) groups is 1. The van der Waals surface area contributed by atoms with Crippen molar-refractivity contribution in [1.29, 1.82) is 0 Å². The molecular weight excluding hydrogens is 144 g/mol. The highest BCUT2D eigenvalue weighted by atomic mass is 32.2. The van der Waals surface area contributed by atoms with E-state index >= 15 is 0 Å². The molecule has 0 bridgehead atoms. The zero-order valence-electron chi connectivity index (χ0n) is 7.02. The van der Waals surface area contributed by atoms with Gasteiger partial charge in [-0.3, -0.25) is 4.79 Å². The van der Waals surface area contributed by atoms with Crippen LogP contribution in [0.4, 0.5) is 0 Å². The van der Waals surface area contributed by atoms with Gasteiger partial charge >= 0.3 is 0 Å². The maximum absolute atomic E-state index is 10.8. The number of hydrogen-bond acceptors (Lipinski definition) is 2. The molecule has 0 spiro atoms. The van der Waals surface area contributed by atoms with Gasteiger partial charge < -0.3 is 0 Å². The third-order valence-corrected chi connectivity index (χ3v) is 2.30. The summed E-state index contributed by atoms with van der Waals surface area (Å²) in [7, 11) is 0. The minimum absolute atomic E-state index is 0.320. The van der Waals surface area contributed by atoms with Crippen LogP contribution < -0.4 is 0 Å². The average Bonchev–Trinajstić information content (AvgIpc) is 1.87. The molecule has 0 N–H and O–H groups in total. The van der Waals surface area contributed by atoms with Crippen LogP contribution >= 0.6 is 11.8 Å². The van der Waals surface area contributed by atoms with Crippen molar-refractivity contribution in [3.05, 3.63) is 0 Å². The van der Waals surface area contributed by atoms with E-state index in [-0.39, 0.29) is 0 Å². The van der Waals surface area contributed by atoms with E-state index in [0.717, 1.165) is 18.1 Å². The SMILES string of the molecule is CCC(=O)SCCC(C)C. The lowest BCUT2D eigenvalue weighted by molar-refractivity contribution is -0.110. The average molecular weight is 160 g/mol. The predicted molar refractivity (Wildman–Crippen MR) is 47.2 cm³/mol. The van der Waals surface area contributed by atoms with Crippen molar-refractivity contribution in [2.45, 2.75) is 33.6 Å². The fourth-order valence-electron chi connectivity index (χ4n) is 0.511. The lowest BCUT2D eigenvalue weighted by atomic mass is 10.2. The Kier molecular flexibility index (Phi) is 5.79. The van der Waals surface area contributed by atoms with Crippen LogP contribution in [-0.4, -0.2) is 10.9 Å². The molecule has 0 rings (SSSR count). The Morgan fingerprint density at radius 2 is 2.10 bits per heavy atom. The molecule has 0 amide bonds. The Labute approximate surface area is 67.6 Å². The van der Waals surface area contributed by atoms with Crippen LogP contribution in [0.5, 0.6) is 0 Å². The van der Waals surface area contributed by atoms with Crippen molar-refractivity contribution in [3.63, 3.8) is 0 Å². The van der Waals surface area contributed by atoms with Crippen LogP contribution in [0.15, 0.2) is 0 Å². The van der Waals surface area contributed by atoms with E-state index in [9.17, 15) is 4.79 Å². The molecule has 0 saturated carbocycles. The zero-order chi connectivity index (χ0) is 7.98. The fraction of sp³-hybridized carbons (Fsp3) is 0.875.